The Bertz CT molecular complexity index is 1660. The van der Waals surface area contributed by atoms with Crippen LogP contribution in [0.4, 0.5) is 0 Å². The average molecular weight is 564 g/mol. The quantitative estimate of drug-likeness (QED) is 0.200. The largest absolute Gasteiger partial charge is 0.419 e. The zero-order valence-corrected chi connectivity index (χ0v) is 21.8. The Labute approximate surface area is 231 Å². The molecule has 0 aliphatic rings. The Balaban J connectivity index is 1.57. The summed E-state index contributed by atoms with van der Waals surface area (Å²) in [6.07, 6.45) is 0. The lowest BCUT2D eigenvalue weighted by molar-refractivity contribution is 0.452. The van der Waals surface area contributed by atoms with Crippen molar-refractivity contribution in [2.45, 2.75) is 0 Å². The van der Waals surface area contributed by atoms with Gasteiger partial charge in [-0.05, 0) is 71.8 Å². The van der Waals surface area contributed by atoms with Crippen LogP contribution in [0.3, 0.4) is 0 Å². The van der Waals surface area contributed by atoms with Crippen LogP contribution in [-0.2, 0) is 0 Å². The van der Waals surface area contributed by atoms with Crippen LogP contribution in [0.15, 0.2) is 84.9 Å². The first kappa shape index (κ1) is 23.9. The van der Waals surface area contributed by atoms with Gasteiger partial charge >= 0.3 is 0 Å². The summed E-state index contributed by atoms with van der Waals surface area (Å²) in [6, 6.07) is 25.5. The van der Waals surface area contributed by atoms with Gasteiger partial charge in [0.25, 0.3) is 0 Å². The van der Waals surface area contributed by atoms with Crippen LogP contribution in [0.2, 0.25) is 20.4 Å². The first-order valence-corrected chi connectivity index (χ1v) is 12.6. The Morgan fingerprint density at radius 1 is 0.432 bits per heavy atom. The van der Waals surface area contributed by atoms with Gasteiger partial charge in [-0.25, -0.2) is 19.9 Å². The van der Waals surface area contributed by atoms with Crippen molar-refractivity contribution in [1.29, 1.82) is 0 Å². The molecule has 0 aliphatic carbocycles. The van der Waals surface area contributed by atoms with Gasteiger partial charge in [-0.1, -0.05) is 70.7 Å². The van der Waals surface area contributed by atoms with Gasteiger partial charge in [0.2, 0.25) is 11.8 Å². The molecule has 0 fully saturated rings. The molecule has 4 heterocycles. The summed E-state index contributed by atoms with van der Waals surface area (Å²) in [4.78, 5) is 18.4. The Hall–Kier alpha value is -3.48. The Morgan fingerprint density at radius 2 is 0.838 bits per heavy atom. The van der Waals surface area contributed by atoms with E-state index >= 15 is 0 Å². The van der Waals surface area contributed by atoms with Crippen LogP contribution >= 0.6 is 46.4 Å². The fraction of sp³-hybridized carbons (Fsp3) is 0. The van der Waals surface area contributed by atoms with Crippen molar-refractivity contribution in [2.24, 2.45) is 0 Å². The normalized spacial score (nSPS) is 11.2. The van der Waals surface area contributed by atoms with Crippen molar-refractivity contribution < 1.29 is 4.74 Å². The molecular formula is C28H14Cl4N4O. The van der Waals surface area contributed by atoms with Gasteiger partial charge < -0.3 is 4.74 Å². The first-order valence-electron chi connectivity index (χ1n) is 11.1. The summed E-state index contributed by atoms with van der Waals surface area (Å²) in [5.41, 5.74) is 5.62. The highest BCUT2D eigenvalue weighted by Crippen LogP contribution is 2.39. The number of aromatic nitrogens is 4. The van der Waals surface area contributed by atoms with Crippen molar-refractivity contribution in [3.63, 3.8) is 0 Å². The monoisotopic (exact) mass is 562 g/mol. The molecule has 6 aromatic rings. The third kappa shape index (κ3) is 4.91. The number of nitrogens with zero attached hydrogens (tertiary/aromatic N) is 4. The standard InChI is InChI=1S/C28H14Cl4N4O/c29-17-5-1-15(2-6-17)19-13-23-21(9-11-25(31)33-23)35-27(19)37-28-20(16-3-7-18(30)8-4-16)14-24-22(36-28)10-12-26(32)34-24/h1-14H. The molecule has 4 aromatic heterocycles. The van der Waals surface area contributed by atoms with E-state index in [4.69, 9.17) is 61.1 Å². The molecule has 0 saturated heterocycles. The minimum Gasteiger partial charge on any atom is -0.419 e. The van der Waals surface area contributed by atoms with Crippen molar-refractivity contribution in [3.05, 3.63) is 105 Å². The van der Waals surface area contributed by atoms with Crippen LogP contribution in [0.25, 0.3) is 44.3 Å². The van der Waals surface area contributed by atoms with Gasteiger partial charge in [0.15, 0.2) is 0 Å². The molecule has 0 spiro atoms. The number of pyridine rings is 4. The minimum absolute atomic E-state index is 0.350. The highest BCUT2D eigenvalue weighted by Gasteiger charge is 2.18. The maximum atomic E-state index is 6.48. The van der Waals surface area contributed by atoms with E-state index in [-0.39, 0.29) is 0 Å². The van der Waals surface area contributed by atoms with Gasteiger partial charge in [0, 0.05) is 21.2 Å². The third-order valence-electron chi connectivity index (χ3n) is 5.71. The second-order valence-corrected chi connectivity index (χ2v) is 9.79. The topological polar surface area (TPSA) is 60.8 Å². The van der Waals surface area contributed by atoms with E-state index < -0.39 is 0 Å². The zero-order valence-electron chi connectivity index (χ0n) is 18.8. The molecular weight excluding hydrogens is 550 g/mol. The van der Waals surface area contributed by atoms with Gasteiger partial charge in [0.05, 0.1) is 22.1 Å². The average Bonchev–Trinajstić information content (AvgIpc) is 2.89. The second-order valence-electron chi connectivity index (χ2n) is 8.14. The summed E-state index contributed by atoms with van der Waals surface area (Å²) >= 11 is 24.6. The summed E-state index contributed by atoms with van der Waals surface area (Å²) in [5.74, 6) is 0.700. The van der Waals surface area contributed by atoms with Crippen LogP contribution in [0, 0.1) is 0 Å². The van der Waals surface area contributed by atoms with Crippen molar-refractivity contribution in [1.82, 2.24) is 19.9 Å². The third-order valence-corrected chi connectivity index (χ3v) is 6.63. The summed E-state index contributed by atoms with van der Waals surface area (Å²) in [6.45, 7) is 0. The number of halogens is 4. The molecule has 0 unspecified atom stereocenters. The zero-order chi connectivity index (χ0) is 25.5. The maximum absolute atomic E-state index is 6.48. The molecule has 0 N–H and O–H groups in total. The predicted octanol–water partition coefficient (Wildman–Crippen LogP) is 9.31. The summed E-state index contributed by atoms with van der Waals surface area (Å²) < 4.78 is 6.48. The molecule has 0 bridgehead atoms. The van der Waals surface area contributed by atoms with Crippen molar-refractivity contribution in [2.75, 3.05) is 0 Å². The Kier molecular flexibility index (Phi) is 6.31. The molecule has 0 saturated carbocycles. The molecule has 0 amide bonds. The van der Waals surface area contributed by atoms with E-state index in [2.05, 4.69) is 9.97 Å². The fourth-order valence-corrected chi connectivity index (χ4v) is 4.50. The number of hydrogen-bond donors (Lipinski definition) is 0. The molecule has 2 aromatic carbocycles. The Morgan fingerprint density at radius 3 is 1.24 bits per heavy atom. The van der Waals surface area contributed by atoms with Crippen molar-refractivity contribution >= 4 is 68.5 Å². The lowest BCUT2D eigenvalue weighted by atomic mass is 10.1. The maximum Gasteiger partial charge on any atom is 0.229 e. The van der Waals surface area contributed by atoms with Crippen molar-refractivity contribution in [3.8, 4) is 34.0 Å². The second kappa shape index (κ2) is 9.77. The van der Waals surface area contributed by atoms with E-state index in [1.54, 1.807) is 48.5 Å². The lowest BCUT2D eigenvalue weighted by Crippen LogP contribution is -1.99. The molecule has 37 heavy (non-hydrogen) atoms. The van der Waals surface area contributed by atoms with E-state index in [1.807, 2.05) is 36.4 Å². The van der Waals surface area contributed by atoms with Gasteiger partial charge in [-0.2, -0.15) is 0 Å². The molecule has 0 atom stereocenters. The van der Waals surface area contributed by atoms with Crippen LogP contribution in [-0.4, -0.2) is 19.9 Å². The number of benzene rings is 2. The van der Waals surface area contributed by atoms with Gasteiger partial charge in [-0.3, -0.25) is 0 Å². The summed E-state index contributed by atoms with van der Waals surface area (Å²) in [7, 11) is 0. The number of fused-ring (bicyclic) bond motifs is 2. The van der Waals surface area contributed by atoms with E-state index in [0.29, 0.717) is 65.3 Å². The fourth-order valence-electron chi connectivity index (χ4n) is 3.94. The molecule has 0 radical (unpaired) electrons. The smallest absolute Gasteiger partial charge is 0.229 e. The van der Waals surface area contributed by atoms with Crippen LogP contribution in [0.5, 0.6) is 11.8 Å². The van der Waals surface area contributed by atoms with E-state index in [0.717, 1.165) is 11.1 Å². The molecule has 180 valence electrons. The first-order chi connectivity index (χ1) is 17.9. The van der Waals surface area contributed by atoms with Crippen LogP contribution in [0.1, 0.15) is 0 Å². The number of rotatable bonds is 4. The summed E-state index contributed by atoms with van der Waals surface area (Å²) in [5, 5.41) is 1.98. The molecule has 6 rings (SSSR count). The number of ether oxygens (including phenoxy) is 1. The van der Waals surface area contributed by atoms with Gasteiger partial charge in [0.1, 0.15) is 10.3 Å². The molecule has 5 nitrogen and oxygen atoms in total. The van der Waals surface area contributed by atoms with Gasteiger partial charge in [-0.15, -0.1) is 0 Å². The highest BCUT2D eigenvalue weighted by molar-refractivity contribution is 6.31. The minimum atomic E-state index is 0.350. The lowest BCUT2D eigenvalue weighted by Gasteiger charge is -2.15. The molecule has 0 aliphatic heterocycles. The number of hydrogen-bond acceptors (Lipinski definition) is 5. The van der Waals surface area contributed by atoms with E-state index in [9.17, 15) is 0 Å². The molecule has 9 heteroatoms. The highest BCUT2D eigenvalue weighted by atomic mass is 35.5. The van der Waals surface area contributed by atoms with E-state index in [1.165, 1.54) is 0 Å². The SMILES string of the molecule is Clc1ccc(-c2cc3nc(Cl)ccc3nc2Oc2nc3ccc(Cl)nc3cc2-c2ccc(Cl)cc2)cc1. The predicted molar refractivity (Wildman–Crippen MR) is 150 cm³/mol. The van der Waals surface area contributed by atoms with Crippen LogP contribution < -0.4 is 4.74 Å².